The van der Waals surface area contributed by atoms with Gasteiger partial charge in [-0.1, -0.05) is 12.1 Å². The van der Waals surface area contributed by atoms with E-state index in [1.807, 2.05) is 0 Å². The highest BCUT2D eigenvalue weighted by atomic mass is 16.6. The third kappa shape index (κ3) is 2.91. The predicted molar refractivity (Wildman–Crippen MR) is 63.2 cm³/mol. The molecule has 0 bridgehead atoms. The number of Topliss-reactive ketones (excluding diaryl/α,β-unsaturated/α-hetero) is 1. The van der Waals surface area contributed by atoms with Crippen molar-refractivity contribution in [2.45, 2.75) is 13.8 Å². The van der Waals surface area contributed by atoms with Gasteiger partial charge in [0.05, 0.1) is 17.1 Å². The van der Waals surface area contributed by atoms with Gasteiger partial charge >= 0.3 is 5.97 Å². The lowest BCUT2D eigenvalue weighted by Crippen LogP contribution is -2.24. The third-order valence-corrected chi connectivity index (χ3v) is 2.40. The number of carbonyl (C=O) groups excluding carboxylic acids is 2. The van der Waals surface area contributed by atoms with Crippen LogP contribution in [-0.2, 0) is 9.53 Å². The molecule has 0 heterocycles. The van der Waals surface area contributed by atoms with Crippen LogP contribution in [0.4, 0.5) is 5.69 Å². The molecule has 1 aromatic rings. The molecule has 0 aliphatic rings. The van der Waals surface area contributed by atoms with Crippen LogP contribution in [-0.4, -0.2) is 23.3 Å². The smallest absolute Gasteiger partial charge is 0.316 e. The highest BCUT2D eigenvalue weighted by Gasteiger charge is 2.28. The lowest BCUT2D eigenvalue weighted by molar-refractivity contribution is -0.385. The van der Waals surface area contributed by atoms with E-state index in [0.717, 1.165) is 0 Å². The van der Waals surface area contributed by atoms with E-state index < -0.39 is 22.6 Å². The summed E-state index contributed by atoms with van der Waals surface area (Å²) >= 11 is 0. The first kappa shape index (κ1) is 13.8. The molecule has 1 rings (SSSR count). The summed E-state index contributed by atoms with van der Waals surface area (Å²) in [5.74, 6) is -2.34. The number of hydrogen-bond donors (Lipinski definition) is 0. The van der Waals surface area contributed by atoms with E-state index in [0.29, 0.717) is 0 Å². The van der Waals surface area contributed by atoms with Gasteiger partial charge in [0.1, 0.15) is 5.92 Å². The fourth-order valence-corrected chi connectivity index (χ4v) is 1.45. The largest absolute Gasteiger partial charge is 0.465 e. The zero-order valence-electron chi connectivity index (χ0n) is 10.1. The van der Waals surface area contributed by atoms with E-state index >= 15 is 0 Å². The van der Waals surface area contributed by atoms with Gasteiger partial charge in [-0.2, -0.15) is 0 Å². The van der Waals surface area contributed by atoms with Crippen LogP contribution in [0.2, 0.25) is 0 Å². The number of benzene rings is 1. The van der Waals surface area contributed by atoms with Crippen molar-refractivity contribution in [3.05, 3.63) is 39.9 Å². The molecule has 1 atom stereocenters. The average Bonchev–Trinajstić information content (AvgIpc) is 2.37. The maximum absolute atomic E-state index is 12.0. The van der Waals surface area contributed by atoms with Crippen molar-refractivity contribution in [1.29, 1.82) is 0 Å². The summed E-state index contributed by atoms with van der Waals surface area (Å²) in [5.41, 5.74) is -0.387. The molecule has 0 aliphatic heterocycles. The second-order valence-electron chi connectivity index (χ2n) is 3.61. The highest BCUT2D eigenvalue weighted by Crippen LogP contribution is 2.21. The van der Waals surface area contributed by atoms with Gasteiger partial charge in [0, 0.05) is 6.07 Å². The van der Waals surface area contributed by atoms with Crippen molar-refractivity contribution in [2.75, 3.05) is 6.61 Å². The SMILES string of the molecule is CCOC(=O)C(C)C(=O)c1ccccc1[N+](=O)[O-]. The topological polar surface area (TPSA) is 86.5 Å². The number of para-hydroxylation sites is 1. The Hall–Kier alpha value is -2.24. The fourth-order valence-electron chi connectivity index (χ4n) is 1.45. The Morgan fingerprint density at radius 2 is 2.00 bits per heavy atom. The van der Waals surface area contributed by atoms with E-state index in [1.165, 1.54) is 31.2 Å². The molecule has 6 nitrogen and oxygen atoms in total. The quantitative estimate of drug-likeness (QED) is 0.262. The first-order valence-corrected chi connectivity index (χ1v) is 5.43. The van der Waals surface area contributed by atoms with Gasteiger partial charge in [-0.05, 0) is 19.9 Å². The Bertz CT molecular complexity index is 483. The van der Waals surface area contributed by atoms with Crippen molar-refractivity contribution in [3.8, 4) is 0 Å². The number of nitro groups is 1. The van der Waals surface area contributed by atoms with Crippen LogP contribution in [0.1, 0.15) is 24.2 Å². The second-order valence-corrected chi connectivity index (χ2v) is 3.61. The number of esters is 1. The molecule has 18 heavy (non-hydrogen) atoms. The van der Waals surface area contributed by atoms with E-state index in [1.54, 1.807) is 6.92 Å². The van der Waals surface area contributed by atoms with Crippen LogP contribution in [0.15, 0.2) is 24.3 Å². The molecule has 0 aliphatic carbocycles. The van der Waals surface area contributed by atoms with Gasteiger partial charge in [0.15, 0.2) is 5.78 Å². The first-order valence-electron chi connectivity index (χ1n) is 5.43. The van der Waals surface area contributed by atoms with Gasteiger partial charge in [-0.3, -0.25) is 19.7 Å². The van der Waals surface area contributed by atoms with Crippen LogP contribution in [0.3, 0.4) is 0 Å². The van der Waals surface area contributed by atoms with Crippen molar-refractivity contribution in [3.63, 3.8) is 0 Å². The molecular formula is C12H13NO5. The van der Waals surface area contributed by atoms with Gasteiger partial charge in [0.25, 0.3) is 5.69 Å². The number of hydrogen-bond acceptors (Lipinski definition) is 5. The molecule has 0 radical (unpaired) electrons. The minimum absolute atomic E-state index is 0.0805. The standard InChI is InChI=1S/C12H13NO5/c1-3-18-12(15)8(2)11(14)9-6-4-5-7-10(9)13(16)17/h4-8H,3H2,1-2H3. The average molecular weight is 251 g/mol. The van der Waals surface area contributed by atoms with E-state index in [-0.39, 0.29) is 17.9 Å². The summed E-state index contributed by atoms with van der Waals surface area (Å²) in [5, 5.41) is 10.8. The van der Waals surface area contributed by atoms with Crippen molar-refractivity contribution < 1.29 is 19.2 Å². The lowest BCUT2D eigenvalue weighted by atomic mass is 9.98. The molecular weight excluding hydrogens is 238 g/mol. The Morgan fingerprint density at radius 3 is 2.56 bits per heavy atom. The first-order chi connectivity index (χ1) is 8.49. The molecule has 96 valence electrons. The molecule has 0 spiro atoms. The van der Waals surface area contributed by atoms with Gasteiger partial charge < -0.3 is 4.74 Å². The molecule has 1 aromatic carbocycles. The van der Waals surface area contributed by atoms with E-state index in [2.05, 4.69) is 0 Å². The number of nitro benzene ring substituents is 1. The Labute approximate surface area is 104 Å². The van der Waals surface area contributed by atoms with Crippen molar-refractivity contribution in [2.24, 2.45) is 5.92 Å². The van der Waals surface area contributed by atoms with Gasteiger partial charge in [0.2, 0.25) is 0 Å². The molecule has 0 saturated heterocycles. The third-order valence-electron chi connectivity index (χ3n) is 2.40. The maximum Gasteiger partial charge on any atom is 0.316 e. The normalized spacial score (nSPS) is 11.7. The monoisotopic (exact) mass is 251 g/mol. The second kappa shape index (κ2) is 5.90. The molecule has 0 amide bonds. The Kier molecular flexibility index (Phi) is 4.53. The van der Waals surface area contributed by atoms with Crippen LogP contribution >= 0.6 is 0 Å². The number of nitrogens with zero attached hydrogens (tertiary/aromatic N) is 1. The highest BCUT2D eigenvalue weighted by molar-refractivity contribution is 6.10. The molecule has 1 unspecified atom stereocenters. The van der Waals surface area contributed by atoms with Crippen molar-refractivity contribution >= 4 is 17.4 Å². The van der Waals surface area contributed by atoms with E-state index in [9.17, 15) is 19.7 Å². The number of carbonyl (C=O) groups is 2. The summed E-state index contributed by atoms with van der Waals surface area (Å²) in [6.07, 6.45) is 0. The Morgan fingerprint density at radius 1 is 1.39 bits per heavy atom. The minimum atomic E-state index is -1.05. The Balaban J connectivity index is 3.04. The number of ether oxygens (including phenoxy) is 1. The predicted octanol–water partition coefficient (Wildman–Crippen LogP) is 1.98. The van der Waals surface area contributed by atoms with Gasteiger partial charge in [-0.15, -0.1) is 0 Å². The van der Waals surface area contributed by atoms with Crippen molar-refractivity contribution in [1.82, 2.24) is 0 Å². The van der Waals surface area contributed by atoms with E-state index in [4.69, 9.17) is 4.74 Å². The molecule has 0 N–H and O–H groups in total. The fraction of sp³-hybridized carbons (Fsp3) is 0.333. The van der Waals surface area contributed by atoms with Crippen LogP contribution in [0.25, 0.3) is 0 Å². The molecule has 6 heteroatoms. The van der Waals surface area contributed by atoms with Gasteiger partial charge in [-0.25, -0.2) is 0 Å². The summed E-state index contributed by atoms with van der Waals surface area (Å²) < 4.78 is 4.72. The number of ketones is 1. The maximum atomic E-state index is 12.0. The number of rotatable bonds is 5. The zero-order valence-corrected chi connectivity index (χ0v) is 10.1. The minimum Gasteiger partial charge on any atom is -0.465 e. The zero-order chi connectivity index (χ0) is 13.7. The lowest BCUT2D eigenvalue weighted by Gasteiger charge is -2.09. The van der Waals surface area contributed by atoms with Crippen LogP contribution < -0.4 is 0 Å². The molecule has 0 fully saturated rings. The molecule has 0 aromatic heterocycles. The van der Waals surface area contributed by atoms with Crippen LogP contribution in [0.5, 0.6) is 0 Å². The molecule has 0 saturated carbocycles. The summed E-state index contributed by atoms with van der Waals surface area (Å²) in [4.78, 5) is 33.5. The summed E-state index contributed by atoms with van der Waals surface area (Å²) in [6, 6.07) is 5.53. The van der Waals surface area contributed by atoms with Crippen LogP contribution in [0, 0.1) is 16.0 Å². The summed E-state index contributed by atoms with van der Waals surface area (Å²) in [6.45, 7) is 3.16. The summed E-state index contributed by atoms with van der Waals surface area (Å²) in [7, 11) is 0.